The van der Waals surface area contributed by atoms with Gasteiger partial charge >= 0.3 is 0 Å². The molecule has 2 unspecified atom stereocenters. The van der Waals surface area contributed by atoms with Crippen LogP contribution in [0.3, 0.4) is 0 Å². The number of piperidine rings is 1. The van der Waals surface area contributed by atoms with E-state index in [9.17, 15) is 5.11 Å². The summed E-state index contributed by atoms with van der Waals surface area (Å²) in [6.45, 7) is 0.957. The van der Waals surface area contributed by atoms with Crippen LogP contribution in [0.25, 0.3) is 10.1 Å². The molecule has 0 aliphatic carbocycles. The van der Waals surface area contributed by atoms with Crippen LogP contribution in [0.15, 0.2) is 47.8 Å². The maximum Gasteiger partial charge on any atom is 0.0941 e. The molecule has 0 radical (unpaired) electrons. The zero-order valence-corrected chi connectivity index (χ0v) is 17.2. The second kappa shape index (κ2) is 6.75. The molecule has 2 atom stereocenters. The highest BCUT2D eigenvalue weighted by Crippen LogP contribution is 2.49. The Morgan fingerprint density at radius 2 is 1.78 bits per heavy atom. The quantitative estimate of drug-likeness (QED) is 0.546. The Morgan fingerprint density at radius 1 is 1.04 bits per heavy atom. The molecule has 27 heavy (non-hydrogen) atoms. The first-order chi connectivity index (χ1) is 13.0. The van der Waals surface area contributed by atoms with Gasteiger partial charge in [0.15, 0.2) is 0 Å². The van der Waals surface area contributed by atoms with Crippen LogP contribution in [0.1, 0.15) is 36.8 Å². The average Bonchev–Trinajstić information content (AvgIpc) is 3.17. The number of thiophene rings is 1. The van der Waals surface area contributed by atoms with E-state index in [0.29, 0.717) is 35.0 Å². The third kappa shape index (κ3) is 3.01. The third-order valence-electron chi connectivity index (χ3n) is 6.28. The largest absolute Gasteiger partial charge is 0.385 e. The third-order valence-corrected chi connectivity index (χ3v) is 8.12. The van der Waals surface area contributed by atoms with E-state index in [4.69, 9.17) is 23.2 Å². The molecule has 3 heterocycles. The lowest BCUT2D eigenvalue weighted by Crippen LogP contribution is -2.49. The molecule has 1 aromatic heterocycles. The maximum atomic E-state index is 11.5. The second-order valence-electron chi connectivity index (χ2n) is 7.86. The van der Waals surface area contributed by atoms with Crippen LogP contribution in [0.4, 0.5) is 0 Å². The lowest BCUT2D eigenvalue weighted by atomic mass is 9.80. The highest BCUT2D eigenvalue weighted by atomic mass is 35.5. The summed E-state index contributed by atoms with van der Waals surface area (Å²) in [5.41, 5.74) is 1.30. The second-order valence-corrected chi connectivity index (χ2v) is 9.55. The summed E-state index contributed by atoms with van der Waals surface area (Å²) in [5.74, 6) is 0. The van der Waals surface area contributed by atoms with Gasteiger partial charge in [0, 0.05) is 28.9 Å². The summed E-state index contributed by atoms with van der Waals surface area (Å²) >= 11 is 14.5. The summed E-state index contributed by atoms with van der Waals surface area (Å²) in [7, 11) is 0. The molecule has 2 aliphatic rings. The molecule has 1 N–H and O–H groups in total. The molecule has 2 aliphatic heterocycles. The molecule has 3 aromatic rings. The van der Waals surface area contributed by atoms with Crippen LogP contribution in [0.5, 0.6) is 0 Å². The summed E-state index contributed by atoms with van der Waals surface area (Å²) in [6, 6.07) is 15.0. The number of fused-ring (bicyclic) bond motifs is 3. The lowest BCUT2D eigenvalue weighted by molar-refractivity contribution is -0.0593. The van der Waals surface area contributed by atoms with Gasteiger partial charge in [-0.05, 0) is 54.1 Å². The molecule has 0 spiro atoms. The van der Waals surface area contributed by atoms with Crippen LogP contribution >= 0.6 is 34.5 Å². The monoisotopic (exact) mass is 417 g/mol. The Morgan fingerprint density at radius 3 is 2.56 bits per heavy atom. The van der Waals surface area contributed by atoms with E-state index in [1.807, 2.05) is 23.5 Å². The van der Waals surface area contributed by atoms with Crippen molar-refractivity contribution in [2.75, 3.05) is 0 Å². The molecular weight excluding hydrogens is 397 g/mol. The van der Waals surface area contributed by atoms with Crippen molar-refractivity contribution in [2.45, 2.75) is 49.9 Å². The van der Waals surface area contributed by atoms with Crippen molar-refractivity contribution in [1.82, 2.24) is 4.90 Å². The summed E-state index contributed by atoms with van der Waals surface area (Å²) < 4.78 is 1.35. The topological polar surface area (TPSA) is 23.5 Å². The van der Waals surface area contributed by atoms with Crippen molar-refractivity contribution in [2.24, 2.45) is 0 Å². The number of aliphatic hydroxyl groups is 1. The fourth-order valence-corrected chi connectivity index (χ4v) is 6.44. The zero-order chi connectivity index (χ0) is 18.6. The van der Waals surface area contributed by atoms with E-state index in [2.05, 4.69) is 34.5 Å². The van der Waals surface area contributed by atoms with Crippen molar-refractivity contribution in [1.29, 1.82) is 0 Å². The van der Waals surface area contributed by atoms with Gasteiger partial charge in [-0.25, -0.2) is 0 Å². The van der Waals surface area contributed by atoms with E-state index in [1.54, 1.807) is 6.07 Å². The number of hydrogen-bond acceptors (Lipinski definition) is 3. The van der Waals surface area contributed by atoms with Crippen molar-refractivity contribution >= 4 is 44.6 Å². The number of rotatable bonds is 3. The van der Waals surface area contributed by atoms with Gasteiger partial charge in [-0.3, -0.25) is 4.90 Å². The first kappa shape index (κ1) is 18.0. The van der Waals surface area contributed by atoms with Crippen LogP contribution < -0.4 is 0 Å². The molecule has 2 aromatic carbocycles. The van der Waals surface area contributed by atoms with Crippen molar-refractivity contribution < 1.29 is 5.11 Å². The molecule has 0 amide bonds. The maximum absolute atomic E-state index is 11.5. The van der Waals surface area contributed by atoms with Crippen LogP contribution in [0.2, 0.25) is 10.0 Å². The van der Waals surface area contributed by atoms with E-state index in [1.165, 1.54) is 15.6 Å². The average molecular weight is 418 g/mol. The fourth-order valence-electron chi connectivity index (χ4n) is 5.01. The van der Waals surface area contributed by atoms with E-state index >= 15 is 0 Å². The molecule has 5 rings (SSSR count). The predicted molar refractivity (Wildman–Crippen MR) is 114 cm³/mol. The number of nitrogens with zero attached hydrogens (tertiary/aromatic N) is 1. The van der Waals surface area contributed by atoms with Crippen LogP contribution in [0, 0.1) is 0 Å². The first-order valence-electron chi connectivity index (χ1n) is 9.43. The number of benzene rings is 2. The minimum absolute atomic E-state index is 0.377. The number of hydrogen-bond donors (Lipinski definition) is 1. The molecule has 2 saturated heterocycles. The highest BCUT2D eigenvalue weighted by molar-refractivity contribution is 7.17. The Kier molecular flexibility index (Phi) is 4.49. The van der Waals surface area contributed by atoms with E-state index < -0.39 is 5.60 Å². The summed E-state index contributed by atoms with van der Waals surface area (Å²) in [6.07, 6.45) is 3.69. The van der Waals surface area contributed by atoms with Crippen LogP contribution in [-0.4, -0.2) is 22.1 Å². The predicted octanol–water partition coefficient (Wildman–Crippen LogP) is 6.22. The molecular formula is C22H21Cl2NOS. The highest BCUT2D eigenvalue weighted by Gasteiger charge is 2.49. The standard InChI is InChI=1S/C22H21Cl2NOS/c23-19-6-3-5-18(21(19)24)22(26)10-15-8-9-16(11-22)25(15)12-14-13-27-20-7-2-1-4-17(14)20/h1-7,13,15-16,26H,8-12H2. The smallest absolute Gasteiger partial charge is 0.0941 e. The molecule has 2 fully saturated rings. The van der Waals surface area contributed by atoms with Gasteiger partial charge in [0.1, 0.15) is 0 Å². The van der Waals surface area contributed by atoms with Crippen molar-refractivity contribution in [3.63, 3.8) is 0 Å². The van der Waals surface area contributed by atoms with E-state index in [-0.39, 0.29) is 0 Å². The van der Waals surface area contributed by atoms with Crippen LogP contribution in [-0.2, 0) is 12.1 Å². The Balaban J connectivity index is 1.43. The van der Waals surface area contributed by atoms with Gasteiger partial charge < -0.3 is 5.11 Å². The van der Waals surface area contributed by atoms with Crippen molar-refractivity contribution in [3.8, 4) is 0 Å². The Bertz CT molecular complexity index is 987. The van der Waals surface area contributed by atoms with Gasteiger partial charge in [-0.1, -0.05) is 53.5 Å². The summed E-state index contributed by atoms with van der Waals surface area (Å²) in [4.78, 5) is 2.60. The minimum atomic E-state index is -0.888. The fraction of sp³-hybridized carbons (Fsp3) is 0.364. The Labute approximate surface area is 173 Å². The van der Waals surface area contributed by atoms with Gasteiger partial charge in [0.25, 0.3) is 0 Å². The summed E-state index contributed by atoms with van der Waals surface area (Å²) in [5, 5.41) is 16.1. The minimum Gasteiger partial charge on any atom is -0.385 e. The van der Waals surface area contributed by atoms with Crippen molar-refractivity contribution in [3.05, 3.63) is 69.0 Å². The van der Waals surface area contributed by atoms with E-state index in [0.717, 1.165) is 24.9 Å². The lowest BCUT2D eigenvalue weighted by Gasteiger charge is -2.44. The molecule has 5 heteroatoms. The molecule has 0 saturated carbocycles. The molecule has 2 nitrogen and oxygen atoms in total. The van der Waals surface area contributed by atoms with Gasteiger partial charge in [-0.15, -0.1) is 11.3 Å². The first-order valence-corrected chi connectivity index (χ1v) is 11.1. The van der Waals surface area contributed by atoms with Gasteiger partial charge in [0.2, 0.25) is 0 Å². The molecule has 140 valence electrons. The van der Waals surface area contributed by atoms with Gasteiger partial charge in [0.05, 0.1) is 15.6 Å². The zero-order valence-electron chi connectivity index (χ0n) is 14.9. The SMILES string of the molecule is OC1(c2cccc(Cl)c2Cl)CC2CCC(C1)N2Cc1csc2ccccc12. The number of halogens is 2. The molecule has 2 bridgehead atoms. The Hall–Kier alpha value is -1.10. The normalized spacial score (nSPS) is 28.1. The van der Waals surface area contributed by atoms with Gasteiger partial charge in [-0.2, -0.15) is 0 Å².